The van der Waals surface area contributed by atoms with Crippen LogP contribution in [0, 0.1) is 0 Å². The Hall–Kier alpha value is -1.92. The molecule has 0 fully saturated rings. The van der Waals surface area contributed by atoms with Crippen molar-refractivity contribution in [3.63, 3.8) is 0 Å². The molecule has 16 heavy (non-hydrogen) atoms. The van der Waals surface area contributed by atoms with Crippen molar-refractivity contribution >= 4 is 17.5 Å². The molecule has 0 atom stereocenters. The van der Waals surface area contributed by atoms with Crippen molar-refractivity contribution in [3.05, 3.63) is 17.3 Å². The van der Waals surface area contributed by atoms with E-state index in [2.05, 4.69) is 9.72 Å². The topological polar surface area (TPSA) is 91.2 Å². The van der Waals surface area contributed by atoms with Crippen LogP contribution in [-0.2, 0) is 16.0 Å². The Balaban J connectivity index is 3.14. The Bertz CT molecular complexity index is 410. The van der Waals surface area contributed by atoms with Crippen LogP contribution in [-0.4, -0.2) is 18.1 Å². The molecule has 0 radical (unpaired) electrons. The molecule has 0 bridgehead atoms. The Morgan fingerprint density at radius 3 is 2.69 bits per heavy atom. The highest BCUT2D eigenvalue weighted by Gasteiger charge is 2.18. The first-order valence-electron chi connectivity index (χ1n) is 4.35. The number of hydrogen-bond donors (Lipinski definition) is 2. The Morgan fingerprint density at radius 2 is 2.19 bits per heavy atom. The molecule has 0 aliphatic carbocycles. The summed E-state index contributed by atoms with van der Waals surface area (Å²) in [6, 6.07) is 1.28. The third-order valence-electron chi connectivity index (χ3n) is 1.96. The number of nitrogen functional groups attached to an aromatic ring is 2. The second kappa shape index (κ2) is 4.73. The lowest BCUT2D eigenvalue weighted by Crippen LogP contribution is -2.11. The lowest BCUT2D eigenvalue weighted by Gasteiger charge is -2.10. The Kier molecular flexibility index (Phi) is 3.60. The van der Waals surface area contributed by atoms with E-state index in [1.807, 2.05) is 0 Å². The van der Waals surface area contributed by atoms with Crippen molar-refractivity contribution in [1.82, 2.24) is 4.98 Å². The third kappa shape index (κ3) is 2.56. The first-order valence-corrected chi connectivity index (χ1v) is 4.35. The van der Waals surface area contributed by atoms with Crippen LogP contribution in [0.15, 0.2) is 6.07 Å². The van der Waals surface area contributed by atoms with E-state index in [-0.39, 0.29) is 23.5 Å². The minimum Gasteiger partial charge on any atom is -0.469 e. The van der Waals surface area contributed by atoms with E-state index >= 15 is 0 Å². The number of hydrogen-bond acceptors (Lipinski definition) is 5. The van der Waals surface area contributed by atoms with Gasteiger partial charge in [-0.2, -0.15) is 0 Å². The fourth-order valence-electron chi connectivity index (χ4n) is 1.19. The zero-order valence-electron chi connectivity index (χ0n) is 8.54. The van der Waals surface area contributed by atoms with Gasteiger partial charge in [0.15, 0.2) is 0 Å². The zero-order chi connectivity index (χ0) is 12.3. The number of aromatic nitrogens is 1. The number of pyridine rings is 1. The largest absolute Gasteiger partial charge is 0.469 e. The number of rotatable bonds is 3. The molecule has 0 amide bonds. The predicted molar refractivity (Wildman–Crippen MR) is 53.7 cm³/mol. The normalized spacial score (nSPS) is 10.5. The summed E-state index contributed by atoms with van der Waals surface area (Å²) in [5.41, 5.74) is 10.1. The minimum absolute atomic E-state index is 0.108. The van der Waals surface area contributed by atoms with Crippen LogP contribution >= 0.6 is 0 Å². The summed E-state index contributed by atoms with van der Waals surface area (Å²) in [6.07, 6.45) is -3.05. The van der Waals surface area contributed by atoms with Crippen LogP contribution in [0.3, 0.4) is 0 Å². The maximum absolute atomic E-state index is 12.5. The molecule has 1 rings (SSSR count). The van der Waals surface area contributed by atoms with Crippen LogP contribution in [0.4, 0.5) is 20.3 Å². The first-order chi connectivity index (χ1) is 7.45. The van der Waals surface area contributed by atoms with Crippen LogP contribution < -0.4 is 11.5 Å². The average Bonchev–Trinajstić information content (AvgIpc) is 2.22. The van der Waals surface area contributed by atoms with Crippen LogP contribution in [0.25, 0.3) is 0 Å². The fourth-order valence-corrected chi connectivity index (χ4v) is 1.19. The molecular formula is C9H11F2N3O2. The van der Waals surface area contributed by atoms with Gasteiger partial charge < -0.3 is 16.2 Å². The SMILES string of the molecule is COC(=O)Cc1cc(N)nc(C(F)F)c1N. The molecule has 1 heterocycles. The highest BCUT2D eigenvalue weighted by molar-refractivity contribution is 5.75. The van der Waals surface area contributed by atoms with Crippen LogP contribution in [0.5, 0.6) is 0 Å². The van der Waals surface area contributed by atoms with Gasteiger partial charge in [0.05, 0.1) is 19.2 Å². The highest BCUT2D eigenvalue weighted by atomic mass is 19.3. The van der Waals surface area contributed by atoms with Gasteiger partial charge in [0, 0.05) is 0 Å². The zero-order valence-corrected chi connectivity index (χ0v) is 8.54. The van der Waals surface area contributed by atoms with E-state index in [0.29, 0.717) is 0 Å². The van der Waals surface area contributed by atoms with Crippen LogP contribution in [0.1, 0.15) is 17.7 Å². The van der Waals surface area contributed by atoms with Gasteiger partial charge >= 0.3 is 5.97 Å². The Labute approximate surface area is 90.4 Å². The Morgan fingerprint density at radius 1 is 1.56 bits per heavy atom. The van der Waals surface area contributed by atoms with Gasteiger partial charge in [-0.15, -0.1) is 0 Å². The second-order valence-electron chi connectivity index (χ2n) is 3.06. The molecule has 0 aliphatic rings. The highest BCUT2D eigenvalue weighted by Crippen LogP contribution is 2.27. The van der Waals surface area contributed by atoms with E-state index in [0.717, 1.165) is 0 Å². The van der Waals surface area contributed by atoms with Crippen molar-refractivity contribution in [1.29, 1.82) is 0 Å². The van der Waals surface area contributed by atoms with Gasteiger partial charge in [-0.1, -0.05) is 0 Å². The summed E-state index contributed by atoms with van der Waals surface area (Å²) in [4.78, 5) is 14.4. The van der Waals surface area contributed by atoms with E-state index in [4.69, 9.17) is 11.5 Å². The molecule has 7 heteroatoms. The van der Waals surface area contributed by atoms with Crippen molar-refractivity contribution in [2.24, 2.45) is 0 Å². The van der Waals surface area contributed by atoms with Crippen molar-refractivity contribution < 1.29 is 18.3 Å². The van der Waals surface area contributed by atoms with Crippen molar-refractivity contribution in [2.75, 3.05) is 18.6 Å². The summed E-state index contributed by atoms with van der Waals surface area (Å²) in [7, 11) is 1.19. The van der Waals surface area contributed by atoms with E-state index < -0.39 is 18.1 Å². The van der Waals surface area contributed by atoms with Gasteiger partial charge in [-0.05, 0) is 11.6 Å². The monoisotopic (exact) mass is 231 g/mol. The number of anilines is 2. The smallest absolute Gasteiger partial charge is 0.310 e. The number of ether oxygens (including phenoxy) is 1. The van der Waals surface area contributed by atoms with E-state index in [1.54, 1.807) is 0 Å². The number of nitrogens with two attached hydrogens (primary N) is 2. The maximum atomic E-state index is 12.5. The molecule has 5 nitrogen and oxygen atoms in total. The summed E-state index contributed by atoms with van der Waals surface area (Å²) in [6.45, 7) is 0. The number of carbonyl (C=O) groups is 1. The molecule has 0 aromatic carbocycles. The van der Waals surface area contributed by atoms with Gasteiger partial charge in [0.2, 0.25) is 0 Å². The summed E-state index contributed by atoms with van der Waals surface area (Å²) < 4.78 is 29.4. The lowest BCUT2D eigenvalue weighted by atomic mass is 10.1. The molecular weight excluding hydrogens is 220 g/mol. The first kappa shape index (κ1) is 12.2. The number of halogens is 2. The minimum atomic E-state index is -2.83. The van der Waals surface area contributed by atoms with Gasteiger partial charge in [-0.3, -0.25) is 4.79 Å². The molecule has 4 N–H and O–H groups in total. The molecule has 0 saturated heterocycles. The standard InChI is InChI=1S/C9H11F2N3O2/c1-16-6(15)3-4-2-5(12)14-8(7(4)13)9(10)11/h2,9H,3,13H2,1H3,(H2,12,14). The molecule has 0 spiro atoms. The lowest BCUT2D eigenvalue weighted by molar-refractivity contribution is -0.139. The number of alkyl halides is 2. The molecule has 0 saturated carbocycles. The van der Waals surface area contributed by atoms with Gasteiger partial charge in [0.1, 0.15) is 11.5 Å². The van der Waals surface area contributed by atoms with E-state index in [1.165, 1.54) is 13.2 Å². The van der Waals surface area contributed by atoms with E-state index in [9.17, 15) is 13.6 Å². The molecule has 1 aromatic heterocycles. The maximum Gasteiger partial charge on any atom is 0.310 e. The average molecular weight is 231 g/mol. The number of nitrogens with zero attached hydrogens (tertiary/aromatic N) is 1. The number of esters is 1. The molecule has 0 aliphatic heterocycles. The van der Waals surface area contributed by atoms with Crippen molar-refractivity contribution in [3.8, 4) is 0 Å². The molecule has 1 aromatic rings. The summed E-state index contributed by atoms with van der Waals surface area (Å²) in [5.74, 6) is -0.694. The molecule has 88 valence electrons. The number of carbonyl (C=O) groups excluding carboxylic acids is 1. The predicted octanol–water partition coefficient (Wildman–Crippen LogP) is 0.899. The third-order valence-corrected chi connectivity index (χ3v) is 1.96. The van der Waals surface area contributed by atoms with Gasteiger partial charge in [0.25, 0.3) is 6.43 Å². The van der Waals surface area contributed by atoms with Gasteiger partial charge in [-0.25, -0.2) is 13.8 Å². The fraction of sp³-hybridized carbons (Fsp3) is 0.333. The quantitative estimate of drug-likeness (QED) is 0.754. The molecule has 0 unspecified atom stereocenters. The van der Waals surface area contributed by atoms with Crippen LogP contribution in [0.2, 0.25) is 0 Å². The number of methoxy groups -OCH3 is 1. The summed E-state index contributed by atoms with van der Waals surface area (Å²) >= 11 is 0. The summed E-state index contributed by atoms with van der Waals surface area (Å²) in [5, 5.41) is 0. The van der Waals surface area contributed by atoms with Crippen molar-refractivity contribution in [2.45, 2.75) is 12.8 Å². The second-order valence-corrected chi connectivity index (χ2v) is 3.06.